The van der Waals surface area contributed by atoms with Crippen molar-refractivity contribution in [2.24, 2.45) is 5.73 Å². The van der Waals surface area contributed by atoms with Crippen molar-refractivity contribution < 1.29 is 4.48 Å². The van der Waals surface area contributed by atoms with E-state index in [0.29, 0.717) is 0 Å². The Labute approximate surface area is 172 Å². The van der Waals surface area contributed by atoms with Crippen LogP contribution < -0.4 is 5.73 Å². The second kappa shape index (κ2) is 15.7. The standard InChI is InChI=1S/C13H28NS.C9H7N.CH5N/c1-5-13(15)11-9-10-12-14(6-2,7-3)8-4;1-2-6-9-8(4-1)5-3-7-10-9;1-2/h5-12H2,1-4H3;1-7H;2H2,1H3/q+1;;. The Morgan fingerprint density at radius 1 is 0.926 bits per heavy atom. The Kier molecular flexibility index (Phi) is 14.9. The molecule has 0 radical (unpaired) electrons. The molecular weight excluding hydrogens is 350 g/mol. The number of hydrogen-bond acceptors (Lipinski definition) is 3. The summed E-state index contributed by atoms with van der Waals surface area (Å²) in [5.41, 5.74) is 5.56. The van der Waals surface area contributed by atoms with E-state index in [4.69, 9.17) is 12.2 Å². The van der Waals surface area contributed by atoms with Gasteiger partial charge in [-0.2, -0.15) is 0 Å². The van der Waals surface area contributed by atoms with Gasteiger partial charge in [-0.25, -0.2) is 0 Å². The average Bonchev–Trinajstić information content (AvgIpc) is 2.76. The quantitative estimate of drug-likeness (QED) is 0.343. The molecule has 0 unspecified atom stereocenters. The minimum atomic E-state index is 1.06. The lowest BCUT2D eigenvalue weighted by molar-refractivity contribution is -0.923. The second-order valence-corrected chi connectivity index (χ2v) is 7.14. The molecular formula is C23H40N3S+. The zero-order valence-electron chi connectivity index (χ0n) is 18.1. The van der Waals surface area contributed by atoms with Crippen LogP contribution in [0.4, 0.5) is 0 Å². The number of hydrogen-bond donors (Lipinski definition) is 1. The van der Waals surface area contributed by atoms with Crippen LogP contribution in [0, 0.1) is 0 Å². The smallest absolute Gasteiger partial charge is 0.0786 e. The molecule has 0 spiro atoms. The molecule has 0 saturated carbocycles. The molecule has 2 N–H and O–H groups in total. The first-order valence-corrected chi connectivity index (χ1v) is 10.8. The fourth-order valence-electron chi connectivity index (χ4n) is 3.11. The SMILES string of the molecule is CCC(=S)CCCC[N+](CC)(CC)CC.CN.c1ccc2ncccc2c1. The van der Waals surface area contributed by atoms with Gasteiger partial charge in [0.25, 0.3) is 0 Å². The number of quaternary nitrogens is 1. The van der Waals surface area contributed by atoms with Crippen molar-refractivity contribution in [1.29, 1.82) is 0 Å². The first-order valence-electron chi connectivity index (χ1n) is 10.3. The van der Waals surface area contributed by atoms with Crippen LogP contribution in [0.1, 0.15) is 53.4 Å². The van der Waals surface area contributed by atoms with Gasteiger partial charge in [0.2, 0.25) is 0 Å². The molecule has 0 fully saturated rings. The molecule has 2 aromatic rings. The van der Waals surface area contributed by atoms with Crippen molar-refractivity contribution in [2.75, 3.05) is 33.2 Å². The molecule has 0 aliphatic carbocycles. The number of aromatic nitrogens is 1. The van der Waals surface area contributed by atoms with Gasteiger partial charge in [0.05, 0.1) is 31.7 Å². The van der Waals surface area contributed by atoms with Crippen LogP contribution in [-0.4, -0.2) is 47.6 Å². The highest BCUT2D eigenvalue weighted by atomic mass is 32.1. The van der Waals surface area contributed by atoms with Crippen molar-refractivity contribution in [1.82, 2.24) is 4.98 Å². The number of fused-ring (bicyclic) bond motifs is 1. The van der Waals surface area contributed by atoms with E-state index in [2.05, 4.69) is 50.5 Å². The lowest BCUT2D eigenvalue weighted by Gasteiger charge is -2.35. The Hall–Kier alpha value is -1.36. The Morgan fingerprint density at radius 2 is 1.52 bits per heavy atom. The van der Waals surface area contributed by atoms with Gasteiger partial charge in [0.15, 0.2) is 0 Å². The van der Waals surface area contributed by atoms with Crippen LogP contribution in [0.3, 0.4) is 0 Å². The van der Waals surface area contributed by atoms with E-state index >= 15 is 0 Å². The van der Waals surface area contributed by atoms with Gasteiger partial charge < -0.3 is 10.2 Å². The molecule has 3 nitrogen and oxygen atoms in total. The normalized spacial score (nSPS) is 10.4. The first-order chi connectivity index (χ1) is 13.1. The molecule has 0 atom stereocenters. The van der Waals surface area contributed by atoms with Gasteiger partial charge in [-0.3, -0.25) is 4.98 Å². The fourth-order valence-corrected chi connectivity index (χ4v) is 3.25. The van der Waals surface area contributed by atoms with Gasteiger partial charge >= 0.3 is 0 Å². The number of nitrogens with two attached hydrogens (primary N) is 1. The summed E-state index contributed by atoms with van der Waals surface area (Å²) in [7, 11) is 1.50. The van der Waals surface area contributed by atoms with Crippen molar-refractivity contribution in [2.45, 2.75) is 53.4 Å². The van der Waals surface area contributed by atoms with Crippen LogP contribution in [0.2, 0.25) is 0 Å². The molecule has 2 rings (SSSR count). The van der Waals surface area contributed by atoms with Crippen LogP contribution in [0.15, 0.2) is 42.6 Å². The molecule has 152 valence electrons. The highest BCUT2D eigenvalue weighted by Gasteiger charge is 2.19. The van der Waals surface area contributed by atoms with Crippen LogP contribution in [0.25, 0.3) is 10.9 Å². The number of thiocarbonyl (C=S) groups is 1. The Balaban J connectivity index is 0.000000482. The maximum atomic E-state index is 5.24. The van der Waals surface area contributed by atoms with E-state index < -0.39 is 0 Å². The first kappa shape index (κ1) is 25.6. The zero-order valence-corrected chi connectivity index (χ0v) is 18.9. The number of benzene rings is 1. The summed E-state index contributed by atoms with van der Waals surface area (Å²) in [6.07, 6.45) is 6.65. The van der Waals surface area contributed by atoms with Crippen LogP contribution in [0.5, 0.6) is 0 Å². The van der Waals surface area contributed by atoms with Gasteiger partial charge in [-0.15, -0.1) is 0 Å². The maximum Gasteiger partial charge on any atom is 0.0786 e. The summed E-state index contributed by atoms with van der Waals surface area (Å²) in [5, 5.41) is 1.20. The van der Waals surface area contributed by atoms with Gasteiger partial charge in [-0.05, 0) is 70.5 Å². The van der Waals surface area contributed by atoms with E-state index in [1.165, 1.54) is 60.8 Å². The van der Waals surface area contributed by atoms with Crippen LogP contribution >= 0.6 is 12.2 Å². The van der Waals surface area contributed by atoms with Gasteiger partial charge in [-0.1, -0.05) is 43.4 Å². The molecule has 1 aromatic carbocycles. The lowest BCUT2D eigenvalue weighted by Crippen LogP contribution is -2.48. The third kappa shape index (κ3) is 9.94. The third-order valence-electron chi connectivity index (χ3n) is 5.26. The largest absolute Gasteiger partial charge is 0.333 e. The molecule has 27 heavy (non-hydrogen) atoms. The average molecular weight is 391 g/mol. The Morgan fingerprint density at radius 3 is 2.07 bits per heavy atom. The number of para-hydroxylation sites is 1. The number of nitrogens with zero attached hydrogens (tertiary/aromatic N) is 2. The molecule has 0 saturated heterocycles. The summed E-state index contributed by atoms with van der Waals surface area (Å²) < 4.78 is 1.28. The highest BCUT2D eigenvalue weighted by molar-refractivity contribution is 7.80. The van der Waals surface area contributed by atoms with Crippen molar-refractivity contribution in [3.8, 4) is 0 Å². The zero-order chi connectivity index (χ0) is 20.5. The highest BCUT2D eigenvalue weighted by Crippen LogP contribution is 2.10. The summed E-state index contributed by atoms with van der Waals surface area (Å²) in [5.74, 6) is 0. The van der Waals surface area contributed by atoms with E-state index in [1.54, 1.807) is 0 Å². The molecule has 0 aliphatic rings. The molecule has 1 aromatic heterocycles. The van der Waals surface area contributed by atoms with E-state index in [1.807, 2.05) is 30.5 Å². The predicted molar refractivity (Wildman–Crippen MR) is 125 cm³/mol. The summed E-state index contributed by atoms with van der Waals surface area (Å²) in [6, 6.07) is 12.1. The van der Waals surface area contributed by atoms with Crippen LogP contribution in [-0.2, 0) is 0 Å². The predicted octanol–water partition coefficient (Wildman–Crippen LogP) is 5.62. The van der Waals surface area contributed by atoms with E-state index in [0.717, 1.165) is 18.4 Å². The van der Waals surface area contributed by atoms with Crippen molar-refractivity contribution in [3.05, 3.63) is 42.6 Å². The van der Waals surface area contributed by atoms with Gasteiger partial charge in [0, 0.05) is 11.6 Å². The molecule has 0 amide bonds. The molecule has 1 heterocycles. The monoisotopic (exact) mass is 390 g/mol. The summed E-state index contributed by atoms with van der Waals surface area (Å²) in [6.45, 7) is 14.2. The van der Waals surface area contributed by atoms with Crippen molar-refractivity contribution in [3.63, 3.8) is 0 Å². The number of unbranched alkanes of at least 4 members (excludes halogenated alkanes) is 1. The van der Waals surface area contributed by atoms with E-state index in [9.17, 15) is 0 Å². The Bertz CT molecular complexity index is 550. The minimum absolute atomic E-state index is 1.06. The third-order valence-corrected chi connectivity index (χ3v) is 5.75. The lowest BCUT2D eigenvalue weighted by atomic mass is 10.1. The molecule has 0 aliphatic heterocycles. The summed E-state index contributed by atoms with van der Waals surface area (Å²) in [4.78, 5) is 5.43. The van der Waals surface area contributed by atoms with Gasteiger partial charge in [0.1, 0.15) is 0 Å². The molecule has 0 bridgehead atoms. The fraction of sp³-hybridized carbons (Fsp3) is 0.565. The summed E-state index contributed by atoms with van der Waals surface area (Å²) >= 11 is 5.24. The minimum Gasteiger partial charge on any atom is -0.333 e. The second-order valence-electron chi connectivity index (χ2n) is 6.56. The molecule has 4 heteroatoms. The topological polar surface area (TPSA) is 38.9 Å². The van der Waals surface area contributed by atoms with Crippen molar-refractivity contribution >= 4 is 28.0 Å². The maximum absolute atomic E-state index is 5.24. The number of rotatable bonds is 9. The van der Waals surface area contributed by atoms with E-state index in [-0.39, 0.29) is 0 Å². The number of pyridine rings is 1.